The first-order valence-corrected chi connectivity index (χ1v) is 8.69. The molecule has 0 aliphatic carbocycles. The van der Waals surface area contributed by atoms with Crippen LogP contribution in [0, 0.1) is 5.82 Å². The number of halogens is 1. The van der Waals surface area contributed by atoms with E-state index in [1.165, 1.54) is 30.7 Å². The summed E-state index contributed by atoms with van der Waals surface area (Å²) in [4.78, 5) is 2.52. The lowest BCUT2D eigenvalue weighted by molar-refractivity contribution is 0.238. The Morgan fingerprint density at radius 1 is 0.917 bits per heavy atom. The fraction of sp³-hybridized carbons (Fsp3) is 0.400. The van der Waals surface area contributed by atoms with Gasteiger partial charge in [-0.25, -0.2) is 4.39 Å². The zero-order valence-corrected chi connectivity index (χ0v) is 14.0. The summed E-state index contributed by atoms with van der Waals surface area (Å²) in [5, 5.41) is 3.38. The van der Waals surface area contributed by atoms with Crippen LogP contribution in [-0.2, 0) is 13.0 Å². The molecule has 0 radical (unpaired) electrons. The van der Waals surface area contributed by atoms with Crippen LogP contribution >= 0.6 is 0 Å². The highest BCUT2D eigenvalue weighted by Crippen LogP contribution is 2.15. The molecule has 3 nitrogen and oxygen atoms in total. The summed E-state index contributed by atoms with van der Waals surface area (Å²) in [7, 11) is 0. The molecule has 3 rings (SSSR count). The van der Waals surface area contributed by atoms with Gasteiger partial charge in [0.25, 0.3) is 0 Å². The third-order valence-electron chi connectivity index (χ3n) is 4.39. The van der Waals surface area contributed by atoms with Crippen molar-refractivity contribution in [1.29, 1.82) is 0 Å². The summed E-state index contributed by atoms with van der Waals surface area (Å²) in [6.07, 6.45) is 2.29. The van der Waals surface area contributed by atoms with Gasteiger partial charge in [0.2, 0.25) is 0 Å². The Morgan fingerprint density at radius 2 is 1.58 bits per heavy atom. The number of nitrogens with one attached hydrogen (secondary N) is 1. The summed E-state index contributed by atoms with van der Waals surface area (Å²) in [5.41, 5.74) is 2.32. The number of ether oxygens (including phenoxy) is 1. The minimum atomic E-state index is -0.219. The van der Waals surface area contributed by atoms with Gasteiger partial charge in [-0.15, -0.1) is 0 Å². The molecule has 24 heavy (non-hydrogen) atoms. The van der Waals surface area contributed by atoms with Crippen molar-refractivity contribution in [2.24, 2.45) is 0 Å². The van der Waals surface area contributed by atoms with Gasteiger partial charge in [-0.1, -0.05) is 24.3 Å². The molecule has 1 saturated heterocycles. The molecule has 1 aliphatic heterocycles. The molecule has 1 fully saturated rings. The fourth-order valence-electron chi connectivity index (χ4n) is 2.94. The van der Waals surface area contributed by atoms with E-state index in [9.17, 15) is 4.39 Å². The van der Waals surface area contributed by atoms with Gasteiger partial charge >= 0.3 is 0 Å². The first kappa shape index (κ1) is 16.9. The smallest absolute Gasteiger partial charge is 0.123 e. The van der Waals surface area contributed by atoms with E-state index in [0.29, 0.717) is 6.61 Å². The highest BCUT2D eigenvalue weighted by Gasteiger charge is 2.08. The molecule has 0 unspecified atom stereocenters. The molecule has 128 valence electrons. The Hall–Kier alpha value is -1.91. The van der Waals surface area contributed by atoms with Crippen LogP contribution in [0.3, 0.4) is 0 Å². The lowest BCUT2D eigenvalue weighted by atomic mass is 10.1. The zero-order valence-electron chi connectivity index (χ0n) is 14.0. The van der Waals surface area contributed by atoms with E-state index in [4.69, 9.17) is 4.74 Å². The Bertz CT molecular complexity index is 607. The zero-order chi connectivity index (χ0) is 16.6. The second kappa shape index (κ2) is 8.81. The topological polar surface area (TPSA) is 24.5 Å². The summed E-state index contributed by atoms with van der Waals surface area (Å²) < 4.78 is 18.6. The average Bonchev–Trinajstić information content (AvgIpc) is 2.63. The normalized spacial score (nSPS) is 15.4. The predicted molar refractivity (Wildman–Crippen MR) is 94.8 cm³/mol. The molecule has 2 aromatic rings. The Morgan fingerprint density at radius 3 is 2.29 bits per heavy atom. The molecule has 2 aromatic carbocycles. The van der Waals surface area contributed by atoms with Gasteiger partial charge in [0.1, 0.15) is 18.2 Å². The lowest BCUT2D eigenvalue weighted by Gasteiger charge is -2.27. The van der Waals surface area contributed by atoms with Crippen molar-refractivity contribution in [3.05, 3.63) is 65.5 Å². The maximum atomic E-state index is 12.9. The maximum absolute atomic E-state index is 12.9. The molecule has 0 atom stereocenters. The number of piperazine rings is 1. The van der Waals surface area contributed by atoms with Crippen molar-refractivity contribution in [2.75, 3.05) is 32.7 Å². The SMILES string of the molecule is Fc1ccc(COc2ccc(CCCN3CCNCC3)cc2)cc1. The lowest BCUT2D eigenvalue weighted by Crippen LogP contribution is -2.43. The molecule has 1 N–H and O–H groups in total. The number of aryl methyl sites for hydroxylation is 1. The van der Waals surface area contributed by atoms with Crippen LogP contribution in [0.25, 0.3) is 0 Å². The Kier molecular flexibility index (Phi) is 6.21. The summed E-state index contributed by atoms with van der Waals surface area (Å²) in [6, 6.07) is 14.7. The summed E-state index contributed by atoms with van der Waals surface area (Å²) in [5.74, 6) is 0.633. The van der Waals surface area contributed by atoms with Crippen molar-refractivity contribution >= 4 is 0 Å². The van der Waals surface area contributed by atoms with Gasteiger partial charge in [0.05, 0.1) is 0 Å². The number of nitrogens with zero attached hydrogens (tertiary/aromatic N) is 1. The van der Waals surface area contributed by atoms with Gasteiger partial charge in [-0.3, -0.25) is 0 Å². The summed E-state index contributed by atoms with van der Waals surface area (Å²) >= 11 is 0. The first-order chi connectivity index (χ1) is 11.8. The van der Waals surface area contributed by atoms with E-state index < -0.39 is 0 Å². The van der Waals surface area contributed by atoms with E-state index in [1.54, 1.807) is 12.1 Å². The fourth-order valence-corrected chi connectivity index (χ4v) is 2.94. The van der Waals surface area contributed by atoms with Crippen LogP contribution in [0.2, 0.25) is 0 Å². The highest BCUT2D eigenvalue weighted by atomic mass is 19.1. The molecule has 0 aromatic heterocycles. The standard InChI is InChI=1S/C20H25FN2O/c21-19-7-3-18(4-8-19)16-24-20-9-5-17(6-10-20)2-1-13-23-14-11-22-12-15-23/h3-10,22H,1-2,11-16H2. The van der Waals surface area contributed by atoms with Crippen LogP contribution in [0.15, 0.2) is 48.5 Å². The van der Waals surface area contributed by atoms with Crippen molar-refractivity contribution in [3.63, 3.8) is 0 Å². The molecule has 1 aliphatic rings. The monoisotopic (exact) mass is 328 g/mol. The molecule has 4 heteroatoms. The molecular weight excluding hydrogens is 303 g/mol. The van der Waals surface area contributed by atoms with Crippen LogP contribution in [0.4, 0.5) is 4.39 Å². The number of hydrogen-bond donors (Lipinski definition) is 1. The Labute approximate surface area is 143 Å². The third kappa shape index (κ3) is 5.32. The minimum Gasteiger partial charge on any atom is -0.489 e. The van der Waals surface area contributed by atoms with Gasteiger partial charge in [0.15, 0.2) is 0 Å². The third-order valence-corrected chi connectivity index (χ3v) is 4.39. The second-order valence-electron chi connectivity index (χ2n) is 6.25. The van der Waals surface area contributed by atoms with Crippen LogP contribution < -0.4 is 10.1 Å². The van der Waals surface area contributed by atoms with Crippen LogP contribution in [0.5, 0.6) is 5.75 Å². The molecule has 0 bridgehead atoms. The highest BCUT2D eigenvalue weighted by molar-refractivity contribution is 5.28. The molecular formula is C20H25FN2O. The largest absolute Gasteiger partial charge is 0.489 e. The van der Waals surface area contributed by atoms with Gasteiger partial charge in [-0.2, -0.15) is 0 Å². The van der Waals surface area contributed by atoms with Gasteiger partial charge in [0, 0.05) is 26.2 Å². The molecule has 0 saturated carbocycles. The minimum absolute atomic E-state index is 0.219. The average molecular weight is 328 g/mol. The summed E-state index contributed by atoms with van der Waals surface area (Å²) in [6.45, 7) is 6.18. The van der Waals surface area contributed by atoms with E-state index in [2.05, 4.69) is 22.3 Å². The Balaban J connectivity index is 1.40. The van der Waals surface area contributed by atoms with E-state index in [1.807, 2.05) is 12.1 Å². The van der Waals surface area contributed by atoms with Crippen molar-refractivity contribution in [1.82, 2.24) is 10.2 Å². The van der Waals surface area contributed by atoms with Crippen LogP contribution in [0.1, 0.15) is 17.5 Å². The second-order valence-corrected chi connectivity index (χ2v) is 6.25. The maximum Gasteiger partial charge on any atom is 0.123 e. The quantitative estimate of drug-likeness (QED) is 0.844. The molecule has 1 heterocycles. The van der Waals surface area contributed by atoms with Crippen LogP contribution in [-0.4, -0.2) is 37.6 Å². The molecule has 0 spiro atoms. The van der Waals surface area contributed by atoms with Gasteiger partial charge in [-0.05, 0) is 54.8 Å². The van der Waals surface area contributed by atoms with Crippen molar-refractivity contribution in [3.8, 4) is 5.75 Å². The number of benzene rings is 2. The van der Waals surface area contributed by atoms with Gasteiger partial charge < -0.3 is 15.0 Å². The van der Waals surface area contributed by atoms with E-state index >= 15 is 0 Å². The number of rotatable bonds is 7. The number of hydrogen-bond acceptors (Lipinski definition) is 3. The van der Waals surface area contributed by atoms with Crippen molar-refractivity contribution < 1.29 is 9.13 Å². The molecule has 0 amide bonds. The predicted octanol–water partition coefficient (Wildman–Crippen LogP) is 3.24. The van der Waals surface area contributed by atoms with E-state index in [0.717, 1.165) is 43.9 Å². The first-order valence-electron chi connectivity index (χ1n) is 8.69. The van der Waals surface area contributed by atoms with Crippen molar-refractivity contribution in [2.45, 2.75) is 19.4 Å². The van der Waals surface area contributed by atoms with E-state index in [-0.39, 0.29) is 5.82 Å².